The molecule has 1 atom stereocenters. The van der Waals surface area contributed by atoms with E-state index in [-0.39, 0.29) is 23.8 Å². The summed E-state index contributed by atoms with van der Waals surface area (Å²) in [6.45, 7) is 3.68. The van der Waals surface area contributed by atoms with Gasteiger partial charge >= 0.3 is 6.03 Å². The standard InChI is InChI=1S/C22H24N2O3/c1-15-6-8-16(9-7-15)21(25)17-10-12-24(13-11-17)22(26)23-19-14-27-20-5-3-2-4-18(19)20/h2-9,17,19H,10-14H2,1H3,(H,23,26). The van der Waals surface area contributed by atoms with Gasteiger partial charge in [-0.15, -0.1) is 0 Å². The highest BCUT2D eigenvalue weighted by atomic mass is 16.5. The molecule has 1 fully saturated rings. The molecule has 0 aromatic heterocycles. The van der Waals surface area contributed by atoms with E-state index in [4.69, 9.17) is 4.74 Å². The van der Waals surface area contributed by atoms with E-state index in [0.717, 1.165) is 22.4 Å². The molecule has 1 saturated heterocycles. The molecule has 2 aromatic carbocycles. The second-order valence-corrected chi connectivity index (χ2v) is 7.34. The Bertz CT molecular complexity index is 839. The number of carbonyl (C=O) groups excluding carboxylic acids is 2. The zero-order valence-corrected chi connectivity index (χ0v) is 15.5. The molecule has 1 unspecified atom stereocenters. The fourth-order valence-electron chi connectivity index (χ4n) is 3.82. The molecular weight excluding hydrogens is 340 g/mol. The van der Waals surface area contributed by atoms with Gasteiger partial charge in [0.15, 0.2) is 5.78 Å². The van der Waals surface area contributed by atoms with Crippen molar-refractivity contribution in [2.24, 2.45) is 5.92 Å². The number of piperidine rings is 1. The summed E-state index contributed by atoms with van der Waals surface area (Å²) < 4.78 is 5.63. The molecular formula is C22H24N2O3. The van der Waals surface area contributed by atoms with Crippen molar-refractivity contribution in [1.29, 1.82) is 0 Å². The number of hydrogen-bond donors (Lipinski definition) is 1. The van der Waals surface area contributed by atoms with Gasteiger partial charge in [0.05, 0.1) is 6.04 Å². The average molecular weight is 364 g/mol. The summed E-state index contributed by atoms with van der Waals surface area (Å²) in [5, 5.41) is 3.06. The molecule has 1 N–H and O–H groups in total. The van der Waals surface area contributed by atoms with Crippen molar-refractivity contribution in [3.63, 3.8) is 0 Å². The van der Waals surface area contributed by atoms with Gasteiger partial charge in [0.25, 0.3) is 0 Å². The van der Waals surface area contributed by atoms with Crippen LogP contribution in [0.1, 0.15) is 40.4 Å². The lowest BCUT2D eigenvalue weighted by Gasteiger charge is -2.32. The second kappa shape index (κ2) is 7.43. The third-order valence-corrected chi connectivity index (χ3v) is 5.49. The predicted octanol–water partition coefficient (Wildman–Crippen LogP) is 3.73. The Balaban J connectivity index is 1.32. The smallest absolute Gasteiger partial charge is 0.318 e. The maximum absolute atomic E-state index is 12.7. The van der Waals surface area contributed by atoms with Gasteiger partial charge in [0.2, 0.25) is 0 Å². The number of para-hydroxylation sites is 1. The number of fused-ring (bicyclic) bond motifs is 1. The number of amides is 2. The first kappa shape index (κ1) is 17.6. The van der Waals surface area contributed by atoms with Crippen LogP contribution in [-0.2, 0) is 0 Å². The minimum absolute atomic E-state index is 0.00713. The topological polar surface area (TPSA) is 58.6 Å². The Morgan fingerprint density at radius 2 is 1.74 bits per heavy atom. The van der Waals surface area contributed by atoms with Gasteiger partial charge in [-0.2, -0.15) is 0 Å². The molecule has 0 aliphatic carbocycles. The van der Waals surface area contributed by atoms with E-state index in [1.54, 1.807) is 4.90 Å². The number of ketones is 1. The number of benzene rings is 2. The normalized spacial score (nSPS) is 19.3. The summed E-state index contributed by atoms with van der Waals surface area (Å²) >= 11 is 0. The maximum Gasteiger partial charge on any atom is 0.318 e. The van der Waals surface area contributed by atoms with E-state index < -0.39 is 0 Å². The molecule has 5 heteroatoms. The summed E-state index contributed by atoms with van der Waals surface area (Å²) in [6, 6.07) is 15.3. The van der Waals surface area contributed by atoms with Crippen LogP contribution in [0.5, 0.6) is 5.75 Å². The van der Waals surface area contributed by atoms with Crippen molar-refractivity contribution >= 4 is 11.8 Å². The summed E-state index contributed by atoms with van der Waals surface area (Å²) in [5.74, 6) is 1.02. The van der Waals surface area contributed by atoms with Crippen molar-refractivity contribution in [3.8, 4) is 5.75 Å². The summed E-state index contributed by atoms with van der Waals surface area (Å²) in [4.78, 5) is 27.1. The fourth-order valence-corrected chi connectivity index (χ4v) is 3.82. The van der Waals surface area contributed by atoms with E-state index in [1.165, 1.54) is 0 Å². The molecule has 4 rings (SSSR count). The average Bonchev–Trinajstić information content (AvgIpc) is 3.11. The first-order chi connectivity index (χ1) is 13.1. The van der Waals surface area contributed by atoms with Crippen molar-refractivity contribution in [2.75, 3.05) is 19.7 Å². The maximum atomic E-state index is 12.7. The number of ether oxygens (including phenoxy) is 1. The Hall–Kier alpha value is -2.82. The Morgan fingerprint density at radius 3 is 2.48 bits per heavy atom. The molecule has 0 saturated carbocycles. The largest absolute Gasteiger partial charge is 0.491 e. The van der Waals surface area contributed by atoms with Gasteiger partial charge in [-0.25, -0.2) is 4.79 Å². The SMILES string of the molecule is Cc1ccc(C(=O)C2CCN(C(=O)NC3COc4ccccc43)CC2)cc1. The van der Waals surface area contributed by atoms with Crippen molar-refractivity contribution in [2.45, 2.75) is 25.8 Å². The quantitative estimate of drug-likeness (QED) is 0.844. The number of likely N-dealkylation sites (tertiary alicyclic amines) is 1. The monoisotopic (exact) mass is 364 g/mol. The number of nitrogens with one attached hydrogen (secondary N) is 1. The lowest BCUT2D eigenvalue weighted by molar-refractivity contribution is 0.0853. The lowest BCUT2D eigenvalue weighted by Crippen LogP contribution is -2.46. The van der Waals surface area contributed by atoms with Crippen LogP contribution >= 0.6 is 0 Å². The zero-order chi connectivity index (χ0) is 18.8. The van der Waals surface area contributed by atoms with Gasteiger partial charge in [-0.1, -0.05) is 48.0 Å². The van der Waals surface area contributed by atoms with Crippen LogP contribution in [0.15, 0.2) is 48.5 Å². The van der Waals surface area contributed by atoms with Gasteiger partial charge in [0, 0.05) is 30.1 Å². The molecule has 2 heterocycles. The number of urea groups is 1. The predicted molar refractivity (Wildman–Crippen MR) is 103 cm³/mol. The fraction of sp³-hybridized carbons (Fsp3) is 0.364. The highest BCUT2D eigenvalue weighted by molar-refractivity contribution is 5.98. The Morgan fingerprint density at radius 1 is 1.04 bits per heavy atom. The number of aryl methyl sites for hydroxylation is 1. The minimum atomic E-state index is -0.111. The molecule has 0 spiro atoms. The van der Waals surface area contributed by atoms with Gasteiger partial charge in [0.1, 0.15) is 12.4 Å². The van der Waals surface area contributed by atoms with Crippen LogP contribution in [0, 0.1) is 12.8 Å². The molecule has 0 bridgehead atoms. The first-order valence-corrected chi connectivity index (χ1v) is 9.50. The number of Topliss-reactive ketones (excluding diaryl/α,β-unsaturated/α-hetero) is 1. The molecule has 2 aliphatic heterocycles. The van der Waals surface area contributed by atoms with E-state index in [1.807, 2.05) is 55.5 Å². The van der Waals surface area contributed by atoms with E-state index in [0.29, 0.717) is 32.5 Å². The number of hydrogen-bond acceptors (Lipinski definition) is 3. The van der Waals surface area contributed by atoms with E-state index in [9.17, 15) is 9.59 Å². The van der Waals surface area contributed by atoms with Gasteiger partial charge in [-0.3, -0.25) is 4.79 Å². The molecule has 2 amide bonds. The van der Waals surface area contributed by atoms with Crippen LogP contribution < -0.4 is 10.1 Å². The second-order valence-electron chi connectivity index (χ2n) is 7.34. The van der Waals surface area contributed by atoms with E-state index >= 15 is 0 Å². The van der Waals surface area contributed by atoms with Crippen molar-refractivity contribution in [3.05, 3.63) is 65.2 Å². The van der Waals surface area contributed by atoms with Crippen LogP contribution in [0.3, 0.4) is 0 Å². The highest BCUT2D eigenvalue weighted by Crippen LogP contribution is 2.32. The number of rotatable bonds is 3. The summed E-state index contributed by atoms with van der Waals surface area (Å²) in [7, 11) is 0. The molecule has 27 heavy (non-hydrogen) atoms. The summed E-state index contributed by atoms with van der Waals surface area (Å²) in [6.07, 6.45) is 1.41. The summed E-state index contributed by atoms with van der Waals surface area (Å²) in [5.41, 5.74) is 2.94. The number of nitrogens with zero attached hydrogens (tertiary/aromatic N) is 1. The third-order valence-electron chi connectivity index (χ3n) is 5.49. The molecule has 2 aromatic rings. The van der Waals surface area contributed by atoms with Crippen molar-refractivity contribution < 1.29 is 14.3 Å². The highest BCUT2D eigenvalue weighted by Gasteiger charge is 2.31. The minimum Gasteiger partial charge on any atom is -0.491 e. The first-order valence-electron chi connectivity index (χ1n) is 9.50. The van der Waals surface area contributed by atoms with Crippen LogP contribution in [-0.4, -0.2) is 36.4 Å². The molecule has 2 aliphatic rings. The Kier molecular flexibility index (Phi) is 4.84. The Labute approximate surface area is 159 Å². The van der Waals surface area contributed by atoms with Crippen LogP contribution in [0.4, 0.5) is 4.79 Å². The number of carbonyl (C=O) groups is 2. The zero-order valence-electron chi connectivity index (χ0n) is 15.5. The van der Waals surface area contributed by atoms with Crippen molar-refractivity contribution in [1.82, 2.24) is 10.2 Å². The molecule has 5 nitrogen and oxygen atoms in total. The van der Waals surface area contributed by atoms with Crippen LogP contribution in [0.2, 0.25) is 0 Å². The third kappa shape index (κ3) is 3.68. The molecule has 140 valence electrons. The van der Waals surface area contributed by atoms with Gasteiger partial charge in [-0.05, 0) is 25.8 Å². The lowest BCUT2D eigenvalue weighted by atomic mass is 9.89. The van der Waals surface area contributed by atoms with E-state index in [2.05, 4.69) is 5.32 Å². The van der Waals surface area contributed by atoms with Crippen LogP contribution in [0.25, 0.3) is 0 Å². The van der Waals surface area contributed by atoms with Gasteiger partial charge < -0.3 is 15.0 Å². The molecule has 0 radical (unpaired) electrons.